The molecule has 2 heteroatoms. The average molecular weight is 282 g/mol. The molecule has 0 saturated carbocycles. The predicted molar refractivity (Wildman–Crippen MR) is 90.2 cm³/mol. The van der Waals surface area contributed by atoms with Crippen molar-refractivity contribution >= 4 is 0 Å². The van der Waals surface area contributed by atoms with E-state index in [0.29, 0.717) is 0 Å². The Balaban J connectivity index is 2.37. The van der Waals surface area contributed by atoms with Crippen LogP contribution >= 0.6 is 0 Å². The summed E-state index contributed by atoms with van der Waals surface area (Å²) in [5.41, 5.74) is 9.37. The number of aryl methyl sites for hydroxylation is 2. The van der Waals surface area contributed by atoms with Crippen molar-refractivity contribution in [2.75, 3.05) is 0 Å². The molecule has 0 aliphatic heterocycles. The highest BCUT2D eigenvalue weighted by Crippen LogP contribution is 2.27. The van der Waals surface area contributed by atoms with E-state index in [1.807, 2.05) is 0 Å². The van der Waals surface area contributed by atoms with Gasteiger partial charge < -0.3 is 0 Å². The molecule has 3 N–H and O–H groups in total. The smallest absolute Gasteiger partial charge is 0.0710 e. The number of benzene rings is 2. The molecule has 0 aliphatic carbocycles. The topological polar surface area (TPSA) is 38.0 Å². The summed E-state index contributed by atoms with van der Waals surface area (Å²) in [4.78, 5) is 0. The molecule has 2 rings (SSSR count). The zero-order valence-electron chi connectivity index (χ0n) is 13.7. The molecule has 0 bridgehead atoms. The minimum Gasteiger partial charge on any atom is -0.271 e. The van der Waals surface area contributed by atoms with Crippen LogP contribution in [0.4, 0.5) is 0 Å². The van der Waals surface area contributed by atoms with Crippen LogP contribution < -0.4 is 11.3 Å². The molecule has 2 aromatic carbocycles. The maximum absolute atomic E-state index is 5.81. The molecular weight excluding hydrogens is 256 g/mol. The number of rotatable bonds is 3. The third-order valence-corrected chi connectivity index (χ3v) is 3.85. The van der Waals surface area contributed by atoms with E-state index >= 15 is 0 Å². The molecule has 0 aliphatic rings. The van der Waals surface area contributed by atoms with Crippen molar-refractivity contribution in [3.8, 4) is 0 Å². The Morgan fingerprint density at radius 2 is 1.38 bits per heavy atom. The van der Waals surface area contributed by atoms with Crippen LogP contribution in [0, 0.1) is 13.8 Å². The van der Waals surface area contributed by atoms with Crippen LogP contribution in [-0.4, -0.2) is 0 Å². The Kier molecular flexibility index (Phi) is 4.50. The monoisotopic (exact) mass is 282 g/mol. The minimum absolute atomic E-state index is 0.0256. The second-order valence-electron chi connectivity index (χ2n) is 6.89. The fourth-order valence-corrected chi connectivity index (χ4v) is 2.74. The van der Waals surface area contributed by atoms with Crippen molar-refractivity contribution in [2.45, 2.75) is 46.1 Å². The van der Waals surface area contributed by atoms with Crippen molar-refractivity contribution in [1.82, 2.24) is 5.43 Å². The van der Waals surface area contributed by atoms with Crippen LogP contribution in [0.5, 0.6) is 0 Å². The molecule has 0 amide bonds. The highest BCUT2D eigenvalue weighted by Gasteiger charge is 2.16. The second-order valence-corrected chi connectivity index (χ2v) is 6.89. The van der Waals surface area contributed by atoms with Gasteiger partial charge in [-0.2, -0.15) is 0 Å². The van der Waals surface area contributed by atoms with E-state index in [4.69, 9.17) is 5.84 Å². The maximum atomic E-state index is 5.81. The second kappa shape index (κ2) is 6.00. The largest absolute Gasteiger partial charge is 0.271 e. The highest BCUT2D eigenvalue weighted by molar-refractivity contribution is 5.38. The lowest BCUT2D eigenvalue weighted by molar-refractivity contribution is 0.588. The summed E-state index contributed by atoms with van der Waals surface area (Å²) >= 11 is 0. The van der Waals surface area contributed by atoms with Gasteiger partial charge in [0.05, 0.1) is 6.04 Å². The van der Waals surface area contributed by atoms with Gasteiger partial charge in [0, 0.05) is 0 Å². The molecule has 2 nitrogen and oxygen atoms in total. The number of hydrogen-bond donors (Lipinski definition) is 2. The van der Waals surface area contributed by atoms with Crippen LogP contribution in [0.3, 0.4) is 0 Å². The zero-order chi connectivity index (χ0) is 15.6. The molecule has 0 radical (unpaired) electrons. The quantitative estimate of drug-likeness (QED) is 0.655. The van der Waals surface area contributed by atoms with Crippen molar-refractivity contribution in [1.29, 1.82) is 0 Å². The Morgan fingerprint density at radius 3 is 1.81 bits per heavy atom. The molecule has 1 atom stereocenters. The fourth-order valence-electron chi connectivity index (χ4n) is 2.74. The molecule has 0 heterocycles. The number of nitrogens with two attached hydrogens (primary N) is 1. The highest BCUT2D eigenvalue weighted by atomic mass is 15.2. The maximum Gasteiger partial charge on any atom is 0.0710 e. The van der Waals surface area contributed by atoms with Gasteiger partial charge in [-0.1, -0.05) is 74.4 Å². The predicted octanol–water partition coefficient (Wildman–Crippen LogP) is 4.15. The van der Waals surface area contributed by atoms with Gasteiger partial charge in [0.25, 0.3) is 0 Å². The van der Waals surface area contributed by atoms with E-state index in [2.05, 4.69) is 82.5 Å². The van der Waals surface area contributed by atoms with Gasteiger partial charge in [0.2, 0.25) is 0 Å². The summed E-state index contributed by atoms with van der Waals surface area (Å²) in [5, 5.41) is 0. The van der Waals surface area contributed by atoms with Crippen LogP contribution in [0.2, 0.25) is 0 Å². The van der Waals surface area contributed by atoms with Gasteiger partial charge in [0.1, 0.15) is 0 Å². The van der Waals surface area contributed by atoms with Crippen LogP contribution in [0.1, 0.15) is 54.6 Å². The SMILES string of the molecule is Cc1cc(C)cc(C(NN)c2ccc(C(C)(C)C)cc2)c1. The molecule has 1 unspecified atom stereocenters. The molecule has 0 spiro atoms. The third kappa shape index (κ3) is 3.72. The molecule has 112 valence electrons. The third-order valence-electron chi connectivity index (χ3n) is 3.85. The standard InChI is InChI=1S/C19H26N2/c1-13-10-14(2)12-16(11-13)18(21-20)15-6-8-17(9-7-15)19(3,4)5/h6-12,18,21H,20H2,1-5H3. The lowest BCUT2D eigenvalue weighted by Crippen LogP contribution is -2.29. The Morgan fingerprint density at radius 1 is 0.857 bits per heavy atom. The first kappa shape index (κ1) is 15.7. The summed E-state index contributed by atoms with van der Waals surface area (Å²) < 4.78 is 0. The van der Waals surface area contributed by atoms with Gasteiger partial charge in [-0.3, -0.25) is 5.84 Å². The molecule has 0 fully saturated rings. The van der Waals surface area contributed by atoms with Crippen LogP contribution in [0.15, 0.2) is 42.5 Å². The van der Waals surface area contributed by atoms with Gasteiger partial charge in [0.15, 0.2) is 0 Å². The first-order valence-corrected chi connectivity index (χ1v) is 7.46. The van der Waals surface area contributed by atoms with Crippen molar-refractivity contribution < 1.29 is 0 Å². The van der Waals surface area contributed by atoms with Gasteiger partial charge in [-0.25, -0.2) is 5.43 Å². The summed E-state index contributed by atoms with van der Waals surface area (Å²) in [6.07, 6.45) is 0. The van der Waals surface area contributed by atoms with E-state index in [1.165, 1.54) is 27.8 Å². The number of nitrogens with one attached hydrogen (secondary N) is 1. The van der Waals surface area contributed by atoms with Crippen LogP contribution in [-0.2, 0) is 5.41 Å². The number of hydrazine groups is 1. The normalized spacial score (nSPS) is 13.2. The van der Waals surface area contributed by atoms with E-state index < -0.39 is 0 Å². The first-order chi connectivity index (χ1) is 9.81. The molecule has 0 aromatic heterocycles. The summed E-state index contributed by atoms with van der Waals surface area (Å²) in [5.74, 6) is 5.81. The summed E-state index contributed by atoms with van der Waals surface area (Å²) in [6, 6.07) is 15.3. The zero-order valence-corrected chi connectivity index (χ0v) is 13.7. The van der Waals surface area contributed by atoms with Crippen molar-refractivity contribution in [3.05, 3.63) is 70.3 Å². The van der Waals surface area contributed by atoms with E-state index in [-0.39, 0.29) is 11.5 Å². The minimum atomic E-state index is 0.0256. The van der Waals surface area contributed by atoms with Crippen LogP contribution in [0.25, 0.3) is 0 Å². The van der Waals surface area contributed by atoms with Gasteiger partial charge in [-0.05, 0) is 36.0 Å². The van der Waals surface area contributed by atoms with Crippen molar-refractivity contribution in [2.24, 2.45) is 5.84 Å². The molecule has 0 saturated heterocycles. The van der Waals surface area contributed by atoms with E-state index in [0.717, 1.165) is 0 Å². The number of hydrogen-bond acceptors (Lipinski definition) is 2. The fraction of sp³-hybridized carbons (Fsp3) is 0.368. The van der Waals surface area contributed by atoms with E-state index in [9.17, 15) is 0 Å². The summed E-state index contributed by atoms with van der Waals surface area (Å²) in [7, 11) is 0. The molecular formula is C19H26N2. The Hall–Kier alpha value is -1.64. The first-order valence-electron chi connectivity index (χ1n) is 7.46. The van der Waals surface area contributed by atoms with E-state index in [1.54, 1.807) is 0 Å². The Labute approximate surface area is 128 Å². The molecule has 2 aromatic rings. The Bertz CT molecular complexity index is 586. The molecule has 21 heavy (non-hydrogen) atoms. The summed E-state index contributed by atoms with van der Waals surface area (Å²) in [6.45, 7) is 10.9. The van der Waals surface area contributed by atoms with Crippen molar-refractivity contribution in [3.63, 3.8) is 0 Å². The lowest BCUT2D eigenvalue weighted by atomic mass is 9.85. The average Bonchev–Trinajstić information content (AvgIpc) is 2.38. The lowest BCUT2D eigenvalue weighted by Gasteiger charge is -2.22. The van der Waals surface area contributed by atoms with Gasteiger partial charge in [-0.15, -0.1) is 0 Å². The van der Waals surface area contributed by atoms with Gasteiger partial charge >= 0.3 is 0 Å².